The van der Waals surface area contributed by atoms with Gasteiger partial charge in [-0.1, -0.05) is 44.2 Å². The van der Waals surface area contributed by atoms with Crippen molar-refractivity contribution in [2.24, 2.45) is 13.0 Å². The summed E-state index contributed by atoms with van der Waals surface area (Å²) in [6, 6.07) is 13.4. The molecule has 0 atom stereocenters. The van der Waals surface area contributed by atoms with E-state index in [9.17, 15) is 13.2 Å². The molecular formula is C23H31N3O3S. The van der Waals surface area contributed by atoms with Gasteiger partial charge in [-0.05, 0) is 42.5 Å². The van der Waals surface area contributed by atoms with Gasteiger partial charge >= 0.3 is 0 Å². The summed E-state index contributed by atoms with van der Waals surface area (Å²) in [6.07, 6.45) is 5.48. The van der Waals surface area contributed by atoms with Gasteiger partial charge in [0.15, 0.2) is 0 Å². The molecule has 30 heavy (non-hydrogen) atoms. The van der Waals surface area contributed by atoms with E-state index < -0.39 is 10.0 Å². The fraction of sp³-hybridized carbons (Fsp3) is 0.435. The average molecular weight is 430 g/mol. The van der Waals surface area contributed by atoms with Crippen LogP contribution in [0.1, 0.15) is 37.9 Å². The van der Waals surface area contributed by atoms with Gasteiger partial charge in [0.1, 0.15) is 0 Å². The van der Waals surface area contributed by atoms with Crippen molar-refractivity contribution in [2.45, 2.75) is 39.3 Å². The number of amides is 1. The summed E-state index contributed by atoms with van der Waals surface area (Å²) in [6.45, 7) is 4.58. The van der Waals surface area contributed by atoms with E-state index in [1.54, 1.807) is 6.08 Å². The van der Waals surface area contributed by atoms with E-state index >= 15 is 0 Å². The lowest BCUT2D eigenvalue weighted by molar-refractivity contribution is -0.132. The summed E-state index contributed by atoms with van der Waals surface area (Å²) in [7, 11) is -1.77. The predicted molar refractivity (Wildman–Crippen MR) is 120 cm³/mol. The molecule has 1 aromatic carbocycles. The van der Waals surface area contributed by atoms with Crippen LogP contribution in [0.15, 0.2) is 54.1 Å². The third kappa shape index (κ3) is 6.06. The highest BCUT2D eigenvalue weighted by Gasteiger charge is 2.35. The molecule has 2 aromatic rings. The lowest BCUT2D eigenvalue weighted by Gasteiger charge is -2.27. The molecule has 1 saturated carbocycles. The molecule has 0 spiro atoms. The van der Waals surface area contributed by atoms with Gasteiger partial charge in [0.05, 0.1) is 13.1 Å². The van der Waals surface area contributed by atoms with Crippen molar-refractivity contribution >= 4 is 22.0 Å². The van der Waals surface area contributed by atoms with Crippen LogP contribution in [-0.4, -0.2) is 47.2 Å². The predicted octanol–water partition coefficient (Wildman–Crippen LogP) is 3.47. The molecule has 0 radical (unpaired) electrons. The molecule has 0 unspecified atom stereocenters. The first-order valence-corrected chi connectivity index (χ1v) is 11.9. The number of aryl methyl sites for hydroxylation is 1. The third-order valence-electron chi connectivity index (χ3n) is 5.16. The summed E-state index contributed by atoms with van der Waals surface area (Å²) < 4.78 is 29.3. The third-order valence-corrected chi connectivity index (χ3v) is 6.64. The quantitative estimate of drug-likeness (QED) is 0.581. The minimum Gasteiger partial charge on any atom is -0.353 e. The normalized spacial score (nSPS) is 14.7. The Morgan fingerprint density at radius 1 is 1.17 bits per heavy atom. The minimum atomic E-state index is -3.72. The van der Waals surface area contributed by atoms with E-state index in [-0.39, 0.29) is 24.4 Å². The Bertz CT molecular complexity index is 976. The number of hydrogen-bond donors (Lipinski definition) is 0. The van der Waals surface area contributed by atoms with Crippen LogP contribution >= 0.6 is 0 Å². The summed E-state index contributed by atoms with van der Waals surface area (Å²) in [5.74, 6) is -0.0315. The van der Waals surface area contributed by atoms with Crippen LogP contribution in [0.4, 0.5) is 0 Å². The number of carbonyl (C=O) groups excluding carboxylic acids is 1. The van der Waals surface area contributed by atoms with Crippen molar-refractivity contribution in [1.82, 2.24) is 13.8 Å². The Labute approximate surface area is 179 Å². The molecule has 1 aliphatic carbocycles. The molecule has 162 valence electrons. The van der Waals surface area contributed by atoms with Crippen LogP contribution in [0, 0.1) is 5.92 Å². The second-order valence-electron chi connectivity index (χ2n) is 8.31. The van der Waals surface area contributed by atoms with E-state index in [1.807, 2.05) is 79.0 Å². The molecule has 3 rings (SSSR count). The van der Waals surface area contributed by atoms with Crippen LogP contribution in [0.25, 0.3) is 6.08 Å². The number of rotatable bonds is 10. The van der Waals surface area contributed by atoms with Crippen LogP contribution in [0.3, 0.4) is 0 Å². The Hall–Kier alpha value is -2.38. The van der Waals surface area contributed by atoms with Gasteiger partial charge in [-0.25, -0.2) is 8.42 Å². The molecule has 0 saturated heterocycles. The second-order valence-corrected chi connectivity index (χ2v) is 10.1. The van der Waals surface area contributed by atoms with Crippen molar-refractivity contribution in [3.05, 3.63) is 65.3 Å². The topological polar surface area (TPSA) is 62.6 Å². The highest BCUT2D eigenvalue weighted by Crippen LogP contribution is 2.29. The smallest absolute Gasteiger partial charge is 0.238 e. The van der Waals surface area contributed by atoms with Gasteiger partial charge in [-0.15, -0.1) is 0 Å². The zero-order chi connectivity index (χ0) is 21.7. The molecule has 1 heterocycles. The lowest BCUT2D eigenvalue weighted by atomic mass is 10.2. The van der Waals surface area contributed by atoms with Crippen molar-refractivity contribution in [3.8, 4) is 0 Å². The van der Waals surface area contributed by atoms with Gasteiger partial charge in [-0.2, -0.15) is 4.31 Å². The largest absolute Gasteiger partial charge is 0.353 e. The SMILES string of the molecule is CC(C)CN(CC(=O)N(Cc1cccn1C)C1CC1)S(=O)(=O)C=Cc1ccccc1. The van der Waals surface area contributed by atoms with Crippen LogP contribution in [0.5, 0.6) is 0 Å². The zero-order valence-corrected chi connectivity index (χ0v) is 18.8. The Morgan fingerprint density at radius 3 is 2.43 bits per heavy atom. The summed E-state index contributed by atoms with van der Waals surface area (Å²) in [5, 5.41) is 1.21. The zero-order valence-electron chi connectivity index (χ0n) is 17.9. The van der Waals surface area contributed by atoms with Crippen molar-refractivity contribution < 1.29 is 13.2 Å². The Kier molecular flexibility index (Phi) is 7.15. The highest BCUT2D eigenvalue weighted by molar-refractivity contribution is 7.92. The van der Waals surface area contributed by atoms with E-state index in [1.165, 1.54) is 9.71 Å². The Balaban J connectivity index is 1.76. The molecule has 1 aromatic heterocycles. The van der Waals surface area contributed by atoms with Gasteiger partial charge in [-0.3, -0.25) is 4.79 Å². The molecule has 1 fully saturated rings. The molecule has 0 N–H and O–H groups in total. The van der Waals surface area contributed by atoms with Crippen LogP contribution in [-0.2, 0) is 28.4 Å². The van der Waals surface area contributed by atoms with E-state index in [0.29, 0.717) is 13.1 Å². The molecule has 6 nitrogen and oxygen atoms in total. The number of carbonyl (C=O) groups is 1. The summed E-state index contributed by atoms with van der Waals surface area (Å²) >= 11 is 0. The number of benzene rings is 1. The number of aromatic nitrogens is 1. The molecule has 1 aliphatic rings. The van der Waals surface area contributed by atoms with Gasteiger partial charge in [0, 0.05) is 36.9 Å². The fourth-order valence-corrected chi connectivity index (χ4v) is 4.66. The number of nitrogens with zero attached hydrogens (tertiary/aromatic N) is 3. The van der Waals surface area contributed by atoms with Gasteiger partial charge in [0.2, 0.25) is 15.9 Å². The summed E-state index contributed by atoms with van der Waals surface area (Å²) in [5.41, 5.74) is 1.85. The minimum absolute atomic E-state index is 0.111. The van der Waals surface area contributed by atoms with Crippen LogP contribution < -0.4 is 0 Å². The van der Waals surface area contributed by atoms with E-state index in [2.05, 4.69) is 0 Å². The average Bonchev–Trinajstić information content (AvgIpc) is 3.46. The Morgan fingerprint density at radius 2 is 1.87 bits per heavy atom. The molecule has 1 amide bonds. The number of sulfonamides is 1. The van der Waals surface area contributed by atoms with Crippen molar-refractivity contribution in [1.29, 1.82) is 0 Å². The summed E-state index contributed by atoms with van der Waals surface area (Å²) in [4.78, 5) is 15.0. The van der Waals surface area contributed by atoms with Gasteiger partial charge in [0.25, 0.3) is 0 Å². The molecule has 0 bridgehead atoms. The maximum absolute atomic E-state index is 13.2. The maximum Gasteiger partial charge on any atom is 0.238 e. The van der Waals surface area contributed by atoms with Gasteiger partial charge < -0.3 is 9.47 Å². The second kappa shape index (κ2) is 9.62. The fourth-order valence-electron chi connectivity index (χ4n) is 3.36. The van der Waals surface area contributed by atoms with Crippen molar-refractivity contribution in [3.63, 3.8) is 0 Å². The first kappa shape index (κ1) is 22.3. The van der Waals surface area contributed by atoms with Crippen LogP contribution in [0.2, 0.25) is 0 Å². The number of hydrogen-bond acceptors (Lipinski definition) is 3. The van der Waals surface area contributed by atoms with Crippen molar-refractivity contribution in [2.75, 3.05) is 13.1 Å². The molecule has 7 heteroatoms. The van der Waals surface area contributed by atoms with E-state index in [4.69, 9.17) is 0 Å². The monoisotopic (exact) mass is 429 g/mol. The standard InChI is InChI=1S/C23H31N3O3S/c1-19(2)16-25(30(28,29)15-13-20-8-5-4-6-9-20)18-23(27)26(21-11-12-21)17-22-10-7-14-24(22)3/h4-10,13-15,19,21H,11-12,16-18H2,1-3H3. The first-order chi connectivity index (χ1) is 14.3. The molecule has 0 aliphatic heterocycles. The lowest BCUT2D eigenvalue weighted by Crippen LogP contribution is -2.44. The molecular weight excluding hydrogens is 398 g/mol. The maximum atomic E-state index is 13.2. The first-order valence-electron chi connectivity index (χ1n) is 10.4. The highest BCUT2D eigenvalue weighted by atomic mass is 32.2. The van der Waals surface area contributed by atoms with E-state index in [0.717, 1.165) is 24.1 Å².